The molecule has 0 spiro atoms. The first-order chi connectivity index (χ1) is 13.0. The van der Waals surface area contributed by atoms with Gasteiger partial charge >= 0.3 is 6.03 Å². The van der Waals surface area contributed by atoms with Crippen LogP contribution in [0.2, 0.25) is 0 Å². The summed E-state index contributed by atoms with van der Waals surface area (Å²) < 4.78 is 12.9. The van der Waals surface area contributed by atoms with Crippen molar-refractivity contribution >= 4 is 11.7 Å². The Labute approximate surface area is 160 Å². The predicted molar refractivity (Wildman–Crippen MR) is 107 cm³/mol. The highest BCUT2D eigenvalue weighted by Crippen LogP contribution is 2.20. The van der Waals surface area contributed by atoms with Gasteiger partial charge in [-0.3, -0.25) is 4.90 Å². The molecule has 2 amide bonds. The Morgan fingerprint density at radius 1 is 1.11 bits per heavy atom. The number of hydrogen-bond donors (Lipinski definition) is 2. The fraction of sp³-hybridized carbons (Fsp3) is 0.409. The van der Waals surface area contributed by atoms with Crippen LogP contribution in [0.4, 0.5) is 14.9 Å². The van der Waals surface area contributed by atoms with Gasteiger partial charge in [-0.1, -0.05) is 23.8 Å². The molecule has 0 bridgehead atoms. The Morgan fingerprint density at radius 2 is 1.81 bits per heavy atom. The molecule has 0 radical (unpaired) electrons. The van der Waals surface area contributed by atoms with Crippen LogP contribution in [0.3, 0.4) is 0 Å². The van der Waals surface area contributed by atoms with E-state index < -0.39 is 0 Å². The zero-order chi connectivity index (χ0) is 19.2. The van der Waals surface area contributed by atoms with Crippen molar-refractivity contribution in [2.75, 3.05) is 25.0 Å². The van der Waals surface area contributed by atoms with E-state index >= 15 is 0 Å². The van der Waals surface area contributed by atoms with Gasteiger partial charge in [-0.2, -0.15) is 0 Å². The highest BCUT2D eigenvalue weighted by Gasteiger charge is 2.20. The predicted octanol–water partition coefficient (Wildman–Crippen LogP) is 4.48. The lowest BCUT2D eigenvalue weighted by Crippen LogP contribution is -2.39. The van der Waals surface area contributed by atoms with Crippen molar-refractivity contribution in [3.63, 3.8) is 0 Å². The highest BCUT2D eigenvalue weighted by molar-refractivity contribution is 5.89. The summed E-state index contributed by atoms with van der Waals surface area (Å²) in [5.41, 5.74) is 4.66. The molecule has 0 aliphatic carbocycles. The number of anilines is 1. The standard InChI is InChI=1S/C22H28FN3O/c1-16-3-4-17(2)19(13-16)15-26-11-9-18(10-12-26)14-24-22(27)25-21-7-5-20(23)6-8-21/h3-8,13,18H,9-12,14-15H2,1-2H3,(H2,24,25,27). The number of amides is 2. The molecule has 3 rings (SSSR count). The molecule has 0 saturated carbocycles. The minimum absolute atomic E-state index is 0.237. The van der Waals surface area contributed by atoms with E-state index in [4.69, 9.17) is 0 Å². The average Bonchev–Trinajstić information content (AvgIpc) is 2.66. The second-order valence-electron chi connectivity index (χ2n) is 7.49. The van der Waals surface area contributed by atoms with Crippen molar-refractivity contribution in [3.8, 4) is 0 Å². The summed E-state index contributed by atoms with van der Waals surface area (Å²) in [6, 6.07) is 12.2. The van der Waals surface area contributed by atoms with Crippen LogP contribution in [0.1, 0.15) is 29.5 Å². The van der Waals surface area contributed by atoms with Gasteiger partial charge in [0.15, 0.2) is 0 Å². The molecule has 27 heavy (non-hydrogen) atoms. The third-order valence-electron chi connectivity index (χ3n) is 5.26. The van der Waals surface area contributed by atoms with Crippen LogP contribution in [-0.4, -0.2) is 30.6 Å². The Balaban J connectivity index is 1.39. The van der Waals surface area contributed by atoms with Crippen LogP contribution >= 0.6 is 0 Å². The smallest absolute Gasteiger partial charge is 0.319 e. The van der Waals surface area contributed by atoms with E-state index in [2.05, 4.69) is 47.6 Å². The van der Waals surface area contributed by atoms with Gasteiger partial charge in [0.2, 0.25) is 0 Å². The van der Waals surface area contributed by atoms with Gasteiger partial charge in [0.05, 0.1) is 0 Å². The quantitative estimate of drug-likeness (QED) is 0.816. The van der Waals surface area contributed by atoms with Gasteiger partial charge in [0, 0.05) is 18.8 Å². The van der Waals surface area contributed by atoms with Gasteiger partial charge in [-0.25, -0.2) is 9.18 Å². The number of halogens is 1. The second kappa shape index (κ2) is 9.00. The van der Waals surface area contributed by atoms with Crippen molar-refractivity contribution in [2.45, 2.75) is 33.2 Å². The van der Waals surface area contributed by atoms with E-state index in [1.54, 1.807) is 12.1 Å². The molecule has 4 nitrogen and oxygen atoms in total. The molecule has 1 aliphatic rings. The molecule has 1 aliphatic heterocycles. The van der Waals surface area contributed by atoms with E-state index in [0.29, 0.717) is 18.2 Å². The highest BCUT2D eigenvalue weighted by atomic mass is 19.1. The van der Waals surface area contributed by atoms with Crippen LogP contribution in [0.5, 0.6) is 0 Å². The molecule has 2 N–H and O–H groups in total. The van der Waals surface area contributed by atoms with Crippen molar-refractivity contribution in [1.82, 2.24) is 10.2 Å². The fourth-order valence-electron chi connectivity index (χ4n) is 3.51. The minimum Gasteiger partial charge on any atom is -0.338 e. The molecule has 144 valence electrons. The van der Waals surface area contributed by atoms with Gasteiger partial charge in [0.1, 0.15) is 5.82 Å². The number of aryl methyl sites for hydroxylation is 2. The van der Waals surface area contributed by atoms with Gasteiger partial charge in [-0.05, 0) is 81.1 Å². The van der Waals surface area contributed by atoms with Crippen LogP contribution < -0.4 is 10.6 Å². The SMILES string of the molecule is Cc1ccc(C)c(CN2CCC(CNC(=O)Nc3ccc(F)cc3)CC2)c1. The lowest BCUT2D eigenvalue weighted by Gasteiger charge is -2.32. The molecule has 0 unspecified atom stereocenters. The maximum atomic E-state index is 12.9. The van der Waals surface area contributed by atoms with Crippen LogP contribution in [-0.2, 0) is 6.54 Å². The van der Waals surface area contributed by atoms with Crippen molar-refractivity contribution in [3.05, 3.63) is 65.0 Å². The fourth-order valence-corrected chi connectivity index (χ4v) is 3.51. The molecule has 5 heteroatoms. The molecule has 0 atom stereocenters. The van der Waals surface area contributed by atoms with Crippen LogP contribution in [0.15, 0.2) is 42.5 Å². The number of rotatable bonds is 5. The number of carbonyl (C=O) groups is 1. The maximum Gasteiger partial charge on any atom is 0.319 e. The Hall–Kier alpha value is -2.40. The lowest BCUT2D eigenvalue weighted by molar-refractivity contribution is 0.175. The number of hydrogen-bond acceptors (Lipinski definition) is 2. The zero-order valence-corrected chi connectivity index (χ0v) is 16.1. The Morgan fingerprint density at radius 3 is 2.52 bits per heavy atom. The van der Waals surface area contributed by atoms with Gasteiger partial charge in [-0.15, -0.1) is 0 Å². The first-order valence-electron chi connectivity index (χ1n) is 9.58. The summed E-state index contributed by atoms with van der Waals surface area (Å²) in [5, 5.41) is 5.67. The monoisotopic (exact) mass is 369 g/mol. The first kappa shape index (κ1) is 19.4. The molecule has 2 aromatic rings. The molecule has 2 aromatic carbocycles. The number of benzene rings is 2. The molecular formula is C22H28FN3O. The summed E-state index contributed by atoms with van der Waals surface area (Å²) in [6.45, 7) is 8.09. The number of carbonyl (C=O) groups excluding carboxylic acids is 1. The average molecular weight is 369 g/mol. The number of nitrogens with one attached hydrogen (secondary N) is 2. The first-order valence-corrected chi connectivity index (χ1v) is 9.58. The third-order valence-corrected chi connectivity index (χ3v) is 5.26. The van der Waals surface area contributed by atoms with E-state index in [-0.39, 0.29) is 11.8 Å². The van der Waals surface area contributed by atoms with E-state index in [1.165, 1.54) is 28.8 Å². The number of likely N-dealkylation sites (tertiary alicyclic amines) is 1. The van der Waals surface area contributed by atoms with E-state index in [9.17, 15) is 9.18 Å². The molecule has 0 aromatic heterocycles. The minimum atomic E-state index is -0.312. The van der Waals surface area contributed by atoms with Crippen molar-refractivity contribution in [2.24, 2.45) is 5.92 Å². The van der Waals surface area contributed by atoms with E-state index in [0.717, 1.165) is 32.5 Å². The number of nitrogens with zero attached hydrogens (tertiary/aromatic N) is 1. The maximum absolute atomic E-state index is 12.9. The Kier molecular flexibility index (Phi) is 6.45. The zero-order valence-electron chi connectivity index (χ0n) is 16.1. The summed E-state index contributed by atoms with van der Waals surface area (Å²) >= 11 is 0. The summed E-state index contributed by atoms with van der Waals surface area (Å²) in [5.74, 6) is 0.187. The number of urea groups is 1. The molecule has 1 heterocycles. The summed E-state index contributed by atoms with van der Waals surface area (Å²) in [4.78, 5) is 14.5. The van der Waals surface area contributed by atoms with Crippen LogP contribution in [0.25, 0.3) is 0 Å². The lowest BCUT2D eigenvalue weighted by atomic mass is 9.96. The largest absolute Gasteiger partial charge is 0.338 e. The van der Waals surface area contributed by atoms with Crippen LogP contribution in [0, 0.1) is 25.6 Å². The second-order valence-corrected chi connectivity index (χ2v) is 7.49. The molecular weight excluding hydrogens is 341 g/mol. The third kappa shape index (κ3) is 5.79. The van der Waals surface area contributed by atoms with Crippen molar-refractivity contribution in [1.29, 1.82) is 0 Å². The Bertz CT molecular complexity index is 768. The van der Waals surface area contributed by atoms with E-state index in [1.807, 2.05) is 0 Å². The van der Waals surface area contributed by atoms with Crippen molar-refractivity contribution < 1.29 is 9.18 Å². The van der Waals surface area contributed by atoms with Gasteiger partial charge < -0.3 is 10.6 Å². The topological polar surface area (TPSA) is 44.4 Å². The summed E-state index contributed by atoms with van der Waals surface area (Å²) in [7, 11) is 0. The molecule has 1 saturated heterocycles. The normalized spacial score (nSPS) is 15.5. The molecule has 1 fully saturated rings. The summed E-state index contributed by atoms with van der Waals surface area (Å²) in [6.07, 6.45) is 2.17. The number of piperidine rings is 1. The van der Waals surface area contributed by atoms with Gasteiger partial charge in [0.25, 0.3) is 0 Å².